The van der Waals surface area contributed by atoms with Gasteiger partial charge in [0.25, 0.3) is 5.91 Å². The number of carbonyl (C=O) groups excluding carboxylic acids is 2. The fraction of sp³-hybridized carbons (Fsp3) is 0.263. The number of aryl methyl sites for hydroxylation is 2. The minimum atomic E-state index is -0.234. The summed E-state index contributed by atoms with van der Waals surface area (Å²) >= 11 is 0. The van der Waals surface area contributed by atoms with Gasteiger partial charge in [-0.05, 0) is 48.7 Å². The lowest BCUT2D eigenvalue weighted by atomic mass is 10.1. The molecule has 3 rings (SSSR count). The molecule has 0 aromatic heterocycles. The van der Waals surface area contributed by atoms with Gasteiger partial charge in [0.1, 0.15) is 12.3 Å². The van der Waals surface area contributed by atoms with E-state index < -0.39 is 0 Å². The van der Waals surface area contributed by atoms with Crippen LogP contribution in [0.25, 0.3) is 0 Å². The molecule has 0 radical (unpaired) electrons. The van der Waals surface area contributed by atoms with Crippen molar-refractivity contribution in [1.29, 1.82) is 0 Å². The SMILES string of the molecule is CCc1ccc(NC(=O)CN2C(=O)COc3ccc(C)cc32)cc1. The summed E-state index contributed by atoms with van der Waals surface area (Å²) in [5.41, 5.74) is 3.58. The molecular weight excluding hydrogens is 304 g/mol. The van der Waals surface area contributed by atoms with Gasteiger partial charge in [-0.15, -0.1) is 0 Å². The van der Waals surface area contributed by atoms with Gasteiger partial charge < -0.3 is 10.1 Å². The fourth-order valence-corrected chi connectivity index (χ4v) is 2.65. The van der Waals surface area contributed by atoms with Crippen LogP contribution in [0, 0.1) is 6.92 Å². The first-order chi connectivity index (χ1) is 11.6. The first-order valence-electron chi connectivity index (χ1n) is 7.99. The Morgan fingerprint density at radius 3 is 2.67 bits per heavy atom. The first-order valence-corrected chi connectivity index (χ1v) is 7.99. The van der Waals surface area contributed by atoms with Crippen LogP contribution in [-0.2, 0) is 16.0 Å². The molecule has 0 bridgehead atoms. The van der Waals surface area contributed by atoms with Crippen molar-refractivity contribution in [1.82, 2.24) is 0 Å². The van der Waals surface area contributed by atoms with E-state index in [0.717, 1.165) is 17.7 Å². The topological polar surface area (TPSA) is 58.6 Å². The van der Waals surface area contributed by atoms with Gasteiger partial charge in [0, 0.05) is 5.69 Å². The zero-order valence-corrected chi connectivity index (χ0v) is 13.8. The van der Waals surface area contributed by atoms with Crippen LogP contribution >= 0.6 is 0 Å². The lowest BCUT2D eigenvalue weighted by Gasteiger charge is -2.29. The maximum absolute atomic E-state index is 12.3. The van der Waals surface area contributed by atoms with Crippen molar-refractivity contribution in [3.8, 4) is 5.75 Å². The fourth-order valence-electron chi connectivity index (χ4n) is 2.65. The van der Waals surface area contributed by atoms with E-state index in [2.05, 4.69) is 12.2 Å². The molecule has 2 aromatic carbocycles. The van der Waals surface area contributed by atoms with Crippen LogP contribution in [0.2, 0.25) is 0 Å². The summed E-state index contributed by atoms with van der Waals surface area (Å²) in [5, 5.41) is 2.83. The van der Waals surface area contributed by atoms with Crippen molar-refractivity contribution >= 4 is 23.2 Å². The minimum Gasteiger partial charge on any atom is -0.482 e. The minimum absolute atomic E-state index is 0.0336. The van der Waals surface area contributed by atoms with Crippen molar-refractivity contribution in [3.63, 3.8) is 0 Å². The molecule has 0 aliphatic carbocycles. The molecule has 1 heterocycles. The molecule has 0 unspecified atom stereocenters. The molecule has 24 heavy (non-hydrogen) atoms. The average Bonchev–Trinajstić information content (AvgIpc) is 2.58. The Hall–Kier alpha value is -2.82. The van der Waals surface area contributed by atoms with Gasteiger partial charge in [-0.1, -0.05) is 25.1 Å². The summed E-state index contributed by atoms with van der Waals surface area (Å²) in [6, 6.07) is 13.3. The number of ether oxygens (including phenoxy) is 1. The second-order valence-corrected chi connectivity index (χ2v) is 5.84. The van der Waals surface area contributed by atoms with Crippen molar-refractivity contribution in [2.45, 2.75) is 20.3 Å². The maximum atomic E-state index is 12.3. The van der Waals surface area contributed by atoms with Gasteiger partial charge in [0.2, 0.25) is 5.91 Å². The van der Waals surface area contributed by atoms with E-state index in [1.165, 1.54) is 10.5 Å². The van der Waals surface area contributed by atoms with E-state index in [0.29, 0.717) is 11.4 Å². The Morgan fingerprint density at radius 1 is 1.21 bits per heavy atom. The van der Waals surface area contributed by atoms with E-state index in [9.17, 15) is 9.59 Å². The number of rotatable bonds is 4. The summed E-state index contributed by atoms with van der Waals surface area (Å²) in [4.78, 5) is 26.0. The Bertz CT molecular complexity index is 769. The number of hydrogen-bond acceptors (Lipinski definition) is 3. The van der Waals surface area contributed by atoms with E-state index >= 15 is 0 Å². The number of amides is 2. The number of fused-ring (bicyclic) bond motifs is 1. The van der Waals surface area contributed by atoms with Gasteiger partial charge in [-0.2, -0.15) is 0 Å². The zero-order chi connectivity index (χ0) is 17.1. The number of nitrogens with zero attached hydrogens (tertiary/aromatic N) is 1. The summed E-state index contributed by atoms with van der Waals surface area (Å²) in [6.45, 7) is 3.94. The third kappa shape index (κ3) is 3.40. The smallest absolute Gasteiger partial charge is 0.265 e. The van der Waals surface area contributed by atoms with Gasteiger partial charge >= 0.3 is 0 Å². The molecule has 2 aromatic rings. The molecule has 0 saturated heterocycles. The quantitative estimate of drug-likeness (QED) is 0.941. The van der Waals surface area contributed by atoms with Gasteiger partial charge in [-0.3, -0.25) is 14.5 Å². The van der Waals surface area contributed by atoms with Crippen molar-refractivity contribution < 1.29 is 14.3 Å². The highest BCUT2D eigenvalue weighted by Crippen LogP contribution is 2.32. The number of benzene rings is 2. The molecule has 1 aliphatic heterocycles. The predicted molar refractivity (Wildman–Crippen MR) is 93.5 cm³/mol. The number of anilines is 2. The first kappa shape index (κ1) is 16.1. The lowest BCUT2D eigenvalue weighted by Crippen LogP contribution is -2.43. The molecule has 2 amide bonds. The number of hydrogen-bond donors (Lipinski definition) is 1. The standard InChI is InChI=1S/C19H20N2O3/c1-3-14-5-7-15(8-6-14)20-18(22)11-21-16-10-13(2)4-9-17(16)24-12-19(21)23/h4-10H,3,11-12H2,1-2H3,(H,20,22). The third-order valence-electron chi connectivity index (χ3n) is 4.01. The lowest BCUT2D eigenvalue weighted by molar-refractivity contribution is -0.123. The molecule has 0 fully saturated rings. The maximum Gasteiger partial charge on any atom is 0.265 e. The van der Waals surface area contributed by atoms with Crippen LogP contribution in [0.15, 0.2) is 42.5 Å². The molecular formula is C19H20N2O3. The zero-order valence-electron chi connectivity index (χ0n) is 13.8. The van der Waals surface area contributed by atoms with Crippen molar-refractivity contribution in [2.24, 2.45) is 0 Å². The van der Waals surface area contributed by atoms with E-state index in [1.807, 2.05) is 49.4 Å². The van der Waals surface area contributed by atoms with Crippen LogP contribution in [-0.4, -0.2) is 25.0 Å². The van der Waals surface area contributed by atoms with Crippen LogP contribution < -0.4 is 15.0 Å². The van der Waals surface area contributed by atoms with E-state index in [1.54, 1.807) is 0 Å². The predicted octanol–water partition coefficient (Wildman–Crippen LogP) is 2.92. The Labute approximate surface area is 141 Å². The molecule has 124 valence electrons. The van der Waals surface area contributed by atoms with Gasteiger partial charge in [0.05, 0.1) is 5.69 Å². The van der Waals surface area contributed by atoms with Crippen LogP contribution in [0.5, 0.6) is 5.75 Å². The molecule has 1 N–H and O–H groups in total. The summed E-state index contributed by atoms with van der Waals surface area (Å²) < 4.78 is 5.42. The van der Waals surface area contributed by atoms with E-state index in [-0.39, 0.29) is 25.0 Å². The molecule has 5 nitrogen and oxygen atoms in total. The highest BCUT2D eigenvalue weighted by molar-refractivity contribution is 6.05. The van der Waals surface area contributed by atoms with E-state index in [4.69, 9.17) is 4.74 Å². The third-order valence-corrected chi connectivity index (χ3v) is 4.01. The normalized spacial score (nSPS) is 13.2. The highest BCUT2D eigenvalue weighted by Gasteiger charge is 2.27. The number of carbonyl (C=O) groups is 2. The second-order valence-electron chi connectivity index (χ2n) is 5.84. The largest absolute Gasteiger partial charge is 0.482 e. The molecule has 0 saturated carbocycles. The van der Waals surface area contributed by atoms with Gasteiger partial charge in [-0.25, -0.2) is 0 Å². The molecule has 1 aliphatic rings. The van der Waals surface area contributed by atoms with Crippen LogP contribution in [0.3, 0.4) is 0 Å². The summed E-state index contributed by atoms with van der Waals surface area (Å²) in [6.07, 6.45) is 0.951. The highest BCUT2D eigenvalue weighted by atomic mass is 16.5. The Morgan fingerprint density at radius 2 is 1.96 bits per heavy atom. The second kappa shape index (κ2) is 6.74. The van der Waals surface area contributed by atoms with Crippen molar-refractivity contribution in [3.05, 3.63) is 53.6 Å². The van der Waals surface area contributed by atoms with Crippen LogP contribution in [0.4, 0.5) is 11.4 Å². The van der Waals surface area contributed by atoms with Crippen molar-refractivity contribution in [2.75, 3.05) is 23.4 Å². The Balaban J connectivity index is 1.74. The summed E-state index contributed by atoms with van der Waals surface area (Å²) in [5.74, 6) is 0.173. The Kier molecular flexibility index (Phi) is 4.51. The van der Waals surface area contributed by atoms with Gasteiger partial charge in [0.15, 0.2) is 6.61 Å². The number of nitrogens with one attached hydrogen (secondary N) is 1. The summed E-state index contributed by atoms with van der Waals surface area (Å²) in [7, 11) is 0. The molecule has 0 atom stereocenters. The monoisotopic (exact) mass is 324 g/mol. The van der Waals surface area contributed by atoms with Crippen LogP contribution in [0.1, 0.15) is 18.1 Å². The average molecular weight is 324 g/mol. The molecule has 0 spiro atoms. The molecule has 5 heteroatoms.